The fraction of sp³-hybridized carbons (Fsp3) is 0.417. The molecule has 8 heteroatoms. The van der Waals surface area contributed by atoms with Gasteiger partial charge in [-0.15, -0.1) is 0 Å². The molecule has 3 heterocycles. The summed E-state index contributed by atoms with van der Waals surface area (Å²) in [6.07, 6.45) is 9.08. The largest absolute Gasteiger partial charge is 0.355 e. The van der Waals surface area contributed by atoms with Crippen LogP contribution in [0.3, 0.4) is 0 Å². The highest BCUT2D eigenvalue weighted by molar-refractivity contribution is 7.84. The summed E-state index contributed by atoms with van der Waals surface area (Å²) in [5.74, 6) is 0.960. The van der Waals surface area contributed by atoms with E-state index in [2.05, 4.69) is 22.2 Å². The van der Waals surface area contributed by atoms with Crippen molar-refractivity contribution in [1.82, 2.24) is 24.6 Å². The summed E-state index contributed by atoms with van der Waals surface area (Å²) < 4.78 is 16.6. The molecule has 1 aliphatic heterocycles. The van der Waals surface area contributed by atoms with Crippen LogP contribution in [0.1, 0.15) is 31.7 Å². The number of carbonyl (C=O) groups excluding carboxylic acids is 1. The molecule has 1 saturated heterocycles. The summed E-state index contributed by atoms with van der Waals surface area (Å²) in [5.41, 5.74) is 1.77. The first-order valence-electron chi connectivity index (χ1n) is 11.2. The van der Waals surface area contributed by atoms with Crippen molar-refractivity contribution in [2.45, 2.75) is 38.0 Å². The first kappa shape index (κ1) is 22.5. The van der Waals surface area contributed by atoms with Gasteiger partial charge in [-0.3, -0.25) is 9.00 Å². The van der Waals surface area contributed by atoms with E-state index in [1.165, 1.54) is 12.8 Å². The number of nitrogens with zero attached hydrogens (tertiary/aromatic N) is 4. The van der Waals surface area contributed by atoms with Gasteiger partial charge in [0.2, 0.25) is 5.91 Å². The molecule has 1 amide bonds. The van der Waals surface area contributed by atoms with Crippen molar-refractivity contribution in [2.24, 2.45) is 0 Å². The van der Waals surface area contributed by atoms with E-state index >= 15 is 0 Å². The molecule has 1 fully saturated rings. The summed E-state index contributed by atoms with van der Waals surface area (Å²) in [6.45, 7) is 5.14. The van der Waals surface area contributed by atoms with Gasteiger partial charge in [-0.25, -0.2) is 4.68 Å². The average Bonchev–Trinajstić information content (AvgIpc) is 3.55. The summed E-state index contributed by atoms with van der Waals surface area (Å²) in [6, 6.07) is 14.2. The number of carbonyl (C=O) groups is 1. The van der Waals surface area contributed by atoms with Crippen molar-refractivity contribution in [3.63, 3.8) is 0 Å². The van der Waals surface area contributed by atoms with Gasteiger partial charge < -0.3 is 14.8 Å². The number of hydrogen-bond donors (Lipinski definition) is 1. The normalized spacial score (nSPS) is 16.2. The molecule has 0 aliphatic carbocycles. The summed E-state index contributed by atoms with van der Waals surface area (Å²) >= 11 is 0. The van der Waals surface area contributed by atoms with E-state index in [1.807, 2.05) is 64.1 Å². The Hall–Kier alpha value is -2.71. The number of aromatic nitrogens is 3. The molecule has 0 spiro atoms. The predicted octanol–water partition coefficient (Wildman–Crippen LogP) is 2.90. The van der Waals surface area contributed by atoms with Gasteiger partial charge in [-0.05, 0) is 63.5 Å². The Balaban J connectivity index is 1.36. The van der Waals surface area contributed by atoms with Crippen molar-refractivity contribution in [3.05, 3.63) is 66.6 Å². The molecule has 2 atom stereocenters. The maximum Gasteiger partial charge on any atom is 0.232 e. The van der Waals surface area contributed by atoms with E-state index in [9.17, 15) is 9.00 Å². The van der Waals surface area contributed by atoms with E-state index in [1.54, 1.807) is 6.20 Å². The van der Waals surface area contributed by atoms with Crippen LogP contribution in [0, 0.1) is 0 Å². The minimum absolute atomic E-state index is 0.000267. The third-order valence-electron chi connectivity index (χ3n) is 5.92. The van der Waals surface area contributed by atoms with Crippen LogP contribution in [-0.4, -0.2) is 60.8 Å². The smallest absolute Gasteiger partial charge is 0.232 e. The Kier molecular flexibility index (Phi) is 7.55. The first-order chi connectivity index (χ1) is 15.6. The molecule has 32 heavy (non-hydrogen) atoms. The summed E-state index contributed by atoms with van der Waals surface area (Å²) in [7, 11) is -1.32. The Labute approximate surface area is 191 Å². The molecule has 0 unspecified atom stereocenters. The lowest BCUT2D eigenvalue weighted by atomic mass is 10.2. The number of hydrogen-bond acceptors (Lipinski definition) is 4. The van der Waals surface area contributed by atoms with Crippen molar-refractivity contribution in [2.75, 3.05) is 25.4 Å². The molecule has 0 radical (unpaired) electrons. The van der Waals surface area contributed by atoms with E-state index in [-0.39, 0.29) is 17.4 Å². The van der Waals surface area contributed by atoms with Crippen LogP contribution in [0.5, 0.6) is 0 Å². The van der Waals surface area contributed by atoms with E-state index in [0.717, 1.165) is 36.6 Å². The van der Waals surface area contributed by atoms with Gasteiger partial charge in [0.05, 0.1) is 17.6 Å². The molecular weight excluding hydrogens is 422 g/mol. The molecule has 4 rings (SSSR count). The van der Waals surface area contributed by atoms with Crippen LogP contribution < -0.4 is 5.32 Å². The molecule has 170 valence electrons. The first-order valence-corrected chi connectivity index (χ1v) is 12.7. The van der Waals surface area contributed by atoms with E-state index in [0.29, 0.717) is 12.6 Å². The molecule has 0 saturated carbocycles. The van der Waals surface area contributed by atoms with Crippen molar-refractivity contribution >= 4 is 16.7 Å². The van der Waals surface area contributed by atoms with Gasteiger partial charge >= 0.3 is 0 Å². The highest BCUT2D eigenvalue weighted by Gasteiger charge is 2.19. The highest BCUT2D eigenvalue weighted by Crippen LogP contribution is 2.21. The topological polar surface area (TPSA) is 72.2 Å². The zero-order valence-corrected chi connectivity index (χ0v) is 19.3. The van der Waals surface area contributed by atoms with Crippen molar-refractivity contribution in [1.29, 1.82) is 0 Å². The second-order valence-corrected chi connectivity index (χ2v) is 9.75. The highest BCUT2D eigenvalue weighted by atomic mass is 32.2. The molecular formula is C24H31N5O2S. The van der Waals surface area contributed by atoms with Crippen LogP contribution >= 0.6 is 0 Å². The lowest BCUT2D eigenvalue weighted by Gasteiger charge is -2.23. The Morgan fingerprint density at radius 2 is 1.84 bits per heavy atom. The number of rotatable bonds is 10. The lowest BCUT2D eigenvalue weighted by molar-refractivity contribution is -0.118. The lowest BCUT2D eigenvalue weighted by Crippen LogP contribution is -2.35. The molecule has 0 bridgehead atoms. The van der Waals surface area contributed by atoms with Crippen LogP contribution in [0.25, 0.3) is 11.5 Å². The number of amides is 1. The zero-order chi connectivity index (χ0) is 22.3. The zero-order valence-electron chi connectivity index (χ0n) is 18.5. The third kappa shape index (κ3) is 5.55. The summed E-state index contributed by atoms with van der Waals surface area (Å²) in [4.78, 5) is 14.8. The second-order valence-electron chi connectivity index (χ2n) is 8.29. The van der Waals surface area contributed by atoms with Crippen LogP contribution in [0.4, 0.5) is 0 Å². The maximum absolute atomic E-state index is 12.8. The second kappa shape index (κ2) is 10.7. The Morgan fingerprint density at radius 1 is 1.12 bits per heavy atom. The fourth-order valence-corrected chi connectivity index (χ4v) is 5.24. The molecule has 1 N–H and O–H groups in total. The molecule has 2 aromatic heterocycles. The minimum Gasteiger partial charge on any atom is -0.355 e. The predicted molar refractivity (Wildman–Crippen MR) is 128 cm³/mol. The Morgan fingerprint density at radius 3 is 2.56 bits per heavy atom. The van der Waals surface area contributed by atoms with Gasteiger partial charge in [0.25, 0.3) is 0 Å². The van der Waals surface area contributed by atoms with Gasteiger partial charge in [0.15, 0.2) is 0 Å². The monoisotopic (exact) mass is 453 g/mol. The minimum atomic E-state index is -1.32. The molecule has 1 aromatic carbocycles. The van der Waals surface area contributed by atoms with Crippen molar-refractivity contribution < 1.29 is 9.00 Å². The quantitative estimate of drug-likeness (QED) is 0.512. The summed E-state index contributed by atoms with van der Waals surface area (Å²) in [5, 5.41) is 7.48. The van der Waals surface area contributed by atoms with Crippen LogP contribution in [0.15, 0.2) is 61.1 Å². The maximum atomic E-state index is 12.8. The molecule has 7 nitrogen and oxygen atoms in total. The standard InChI is InChI=1S/C24H31N5O2S/c1-20(27-13-5-6-14-27)11-12-25-23(30)19-32(31)18-21-17-26-29(22-9-3-2-4-10-22)24(21)28-15-7-8-16-28/h2-4,7-10,15-17,20H,5-6,11-14,18-19H2,1H3,(H,25,30)/t20-,32-/m0/s1. The van der Waals surface area contributed by atoms with E-state index < -0.39 is 10.8 Å². The number of para-hydroxylation sites is 1. The van der Waals surface area contributed by atoms with Gasteiger partial charge in [0, 0.05) is 41.3 Å². The van der Waals surface area contributed by atoms with E-state index in [4.69, 9.17) is 0 Å². The fourth-order valence-electron chi connectivity index (χ4n) is 4.19. The third-order valence-corrected chi connectivity index (χ3v) is 7.14. The van der Waals surface area contributed by atoms with Gasteiger partial charge in [-0.2, -0.15) is 5.10 Å². The van der Waals surface area contributed by atoms with Crippen LogP contribution in [-0.2, 0) is 21.3 Å². The van der Waals surface area contributed by atoms with Gasteiger partial charge in [-0.1, -0.05) is 18.2 Å². The number of benzene rings is 1. The SMILES string of the molecule is C[C@@H](CCNC(=O)C[S@@](=O)Cc1cnn(-c2ccccc2)c1-n1cccc1)N1CCCC1. The van der Waals surface area contributed by atoms with Gasteiger partial charge in [0.1, 0.15) is 11.6 Å². The molecule has 3 aromatic rings. The number of nitrogens with one attached hydrogen (secondary N) is 1. The van der Waals surface area contributed by atoms with Crippen molar-refractivity contribution in [3.8, 4) is 11.5 Å². The van der Waals surface area contributed by atoms with Crippen LogP contribution in [0.2, 0.25) is 0 Å². The Bertz CT molecular complexity index is 1030. The average molecular weight is 454 g/mol. The molecule has 1 aliphatic rings. The number of likely N-dealkylation sites (tertiary alicyclic amines) is 1.